The summed E-state index contributed by atoms with van der Waals surface area (Å²) in [5, 5.41) is 6.15. The number of pyridine rings is 2. The zero-order valence-electron chi connectivity index (χ0n) is 22.9. The number of hydrogen-bond acceptors (Lipinski definition) is 7. The fourth-order valence-corrected chi connectivity index (χ4v) is 5.42. The van der Waals surface area contributed by atoms with Crippen LogP contribution in [0.4, 0.5) is 21.7 Å². The Labute approximate surface area is 238 Å². The van der Waals surface area contributed by atoms with Crippen molar-refractivity contribution in [2.24, 2.45) is 0 Å². The first kappa shape index (κ1) is 26.6. The molecule has 9 nitrogen and oxygen atoms in total. The number of carbonyl (C=O) groups is 2. The number of fused-ring (bicyclic) bond motifs is 2. The lowest BCUT2D eigenvalue weighted by Gasteiger charge is -2.36. The van der Waals surface area contributed by atoms with Crippen LogP contribution >= 0.6 is 0 Å². The number of allylic oxidation sites excluding steroid dienone is 3. The molecular weight excluding hydrogens is 521 g/mol. The normalized spacial score (nSPS) is 16.5. The SMILES string of the molecule is Cc1ccc(F)cc1CN1C(=O)c2cccnc2Nc2ncc(C(=O)NCCN3CCN(C4=CC=CC4)CC3)cc21. The number of hydrogen-bond donors (Lipinski definition) is 2. The topological polar surface area (TPSA) is 93.7 Å². The number of piperazine rings is 1. The summed E-state index contributed by atoms with van der Waals surface area (Å²) in [4.78, 5) is 42.0. The maximum absolute atomic E-state index is 14.1. The average Bonchev–Trinajstić information content (AvgIpc) is 3.50. The van der Waals surface area contributed by atoms with Crippen LogP contribution in [0.3, 0.4) is 0 Å². The van der Waals surface area contributed by atoms with Gasteiger partial charge in [0.2, 0.25) is 0 Å². The van der Waals surface area contributed by atoms with Crippen molar-refractivity contribution >= 4 is 29.1 Å². The van der Waals surface area contributed by atoms with E-state index in [9.17, 15) is 14.0 Å². The van der Waals surface area contributed by atoms with Crippen molar-refractivity contribution in [3.05, 3.63) is 101 Å². The van der Waals surface area contributed by atoms with Crippen LogP contribution in [-0.2, 0) is 6.54 Å². The van der Waals surface area contributed by atoms with Gasteiger partial charge in [0.15, 0.2) is 5.82 Å². The zero-order valence-corrected chi connectivity index (χ0v) is 22.9. The number of aryl methyl sites for hydroxylation is 1. The van der Waals surface area contributed by atoms with Gasteiger partial charge in [-0.15, -0.1) is 0 Å². The van der Waals surface area contributed by atoms with Gasteiger partial charge in [-0.1, -0.05) is 18.2 Å². The Morgan fingerprint density at radius 2 is 1.95 bits per heavy atom. The largest absolute Gasteiger partial charge is 0.372 e. The fourth-order valence-electron chi connectivity index (χ4n) is 5.42. The van der Waals surface area contributed by atoms with Crippen LogP contribution in [0.2, 0.25) is 0 Å². The molecule has 2 amide bonds. The van der Waals surface area contributed by atoms with Crippen LogP contribution < -0.4 is 15.5 Å². The van der Waals surface area contributed by atoms with E-state index in [4.69, 9.17) is 0 Å². The third-order valence-electron chi connectivity index (χ3n) is 7.82. The molecule has 2 aliphatic heterocycles. The Kier molecular flexibility index (Phi) is 7.47. The summed E-state index contributed by atoms with van der Waals surface area (Å²) in [6.07, 6.45) is 10.6. The van der Waals surface area contributed by atoms with E-state index in [1.54, 1.807) is 30.5 Å². The number of aromatic nitrogens is 2. The molecule has 1 fully saturated rings. The molecule has 0 radical (unpaired) electrons. The lowest BCUT2D eigenvalue weighted by Crippen LogP contribution is -2.47. The molecule has 3 aromatic rings. The van der Waals surface area contributed by atoms with Crippen LogP contribution in [0.15, 0.2) is 72.7 Å². The Bertz CT molecular complexity index is 1550. The number of benzene rings is 1. The third kappa shape index (κ3) is 5.69. The lowest BCUT2D eigenvalue weighted by molar-refractivity contribution is 0.0939. The Morgan fingerprint density at radius 1 is 1.10 bits per heavy atom. The summed E-state index contributed by atoms with van der Waals surface area (Å²) in [7, 11) is 0. The van der Waals surface area contributed by atoms with E-state index in [0.717, 1.165) is 44.7 Å². The van der Waals surface area contributed by atoms with Gasteiger partial charge in [0.05, 0.1) is 23.4 Å². The van der Waals surface area contributed by atoms with Crippen molar-refractivity contribution in [1.82, 2.24) is 25.1 Å². The van der Waals surface area contributed by atoms with Crippen molar-refractivity contribution in [2.45, 2.75) is 19.9 Å². The Balaban J connectivity index is 1.17. The summed E-state index contributed by atoms with van der Waals surface area (Å²) in [6, 6.07) is 9.54. The molecule has 1 aromatic carbocycles. The Hall–Kier alpha value is -4.57. The van der Waals surface area contributed by atoms with Gasteiger partial charge < -0.3 is 20.4 Å². The quantitative estimate of drug-likeness (QED) is 0.457. The monoisotopic (exact) mass is 553 g/mol. The van der Waals surface area contributed by atoms with Crippen molar-refractivity contribution < 1.29 is 14.0 Å². The van der Waals surface area contributed by atoms with E-state index in [0.29, 0.717) is 40.6 Å². The second-order valence-corrected chi connectivity index (χ2v) is 10.5. The van der Waals surface area contributed by atoms with Crippen LogP contribution in [0.1, 0.15) is 38.3 Å². The van der Waals surface area contributed by atoms with Gasteiger partial charge in [0, 0.05) is 63.8 Å². The number of nitrogens with zero attached hydrogens (tertiary/aromatic N) is 5. The van der Waals surface area contributed by atoms with Gasteiger partial charge in [-0.25, -0.2) is 14.4 Å². The molecule has 10 heteroatoms. The minimum Gasteiger partial charge on any atom is -0.372 e. The first-order chi connectivity index (χ1) is 20.0. The first-order valence-electron chi connectivity index (χ1n) is 13.9. The number of nitrogens with one attached hydrogen (secondary N) is 2. The molecule has 41 heavy (non-hydrogen) atoms. The maximum Gasteiger partial charge on any atom is 0.262 e. The van der Waals surface area contributed by atoms with Crippen molar-refractivity contribution in [3.63, 3.8) is 0 Å². The fraction of sp³-hybridized carbons (Fsp3) is 0.290. The molecule has 0 spiro atoms. The summed E-state index contributed by atoms with van der Waals surface area (Å²) < 4.78 is 14.1. The minimum atomic E-state index is -0.381. The van der Waals surface area contributed by atoms with Crippen molar-refractivity contribution in [1.29, 1.82) is 0 Å². The van der Waals surface area contributed by atoms with Gasteiger partial charge in [0.25, 0.3) is 11.8 Å². The van der Waals surface area contributed by atoms with E-state index in [1.165, 1.54) is 28.9 Å². The summed E-state index contributed by atoms with van der Waals surface area (Å²) in [6.45, 7) is 7.09. The molecule has 2 aromatic heterocycles. The second-order valence-electron chi connectivity index (χ2n) is 10.5. The maximum atomic E-state index is 14.1. The van der Waals surface area contributed by atoms with Crippen LogP contribution in [0.25, 0.3) is 0 Å². The molecule has 210 valence electrons. The average molecular weight is 554 g/mol. The summed E-state index contributed by atoms with van der Waals surface area (Å²) in [5.41, 5.74) is 4.02. The van der Waals surface area contributed by atoms with Gasteiger partial charge in [-0.2, -0.15) is 0 Å². The minimum absolute atomic E-state index is 0.108. The molecule has 6 rings (SSSR count). The highest BCUT2D eigenvalue weighted by atomic mass is 19.1. The van der Waals surface area contributed by atoms with Crippen molar-refractivity contribution in [3.8, 4) is 0 Å². The van der Waals surface area contributed by atoms with E-state index >= 15 is 0 Å². The molecule has 4 heterocycles. The third-order valence-corrected chi connectivity index (χ3v) is 7.82. The second kappa shape index (κ2) is 11.5. The molecule has 0 atom stereocenters. The highest BCUT2D eigenvalue weighted by Crippen LogP contribution is 2.35. The molecule has 0 bridgehead atoms. The predicted molar refractivity (Wildman–Crippen MR) is 156 cm³/mol. The van der Waals surface area contributed by atoms with Gasteiger partial charge in [-0.3, -0.25) is 14.5 Å². The van der Waals surface area contributed by atoms with Gasteiger partial charge >= 0.3 is 0 Å². The van der Waals surface area contributed by atoms with E-state index in [-0.39, 0.29) is 24.2 Å². The number of carbonyl (C=O) groups excluding carboxylic acids is 2. The van der Waals surface area contributed by atoms with E-state index in [1.807, 2.05) is 6.92 Å². The molecule has 0 unspecified atom stereocenters. The molecule has 1 saturated heterocycles. The zero-order chi connectivity index (χ0) is 28.3. The van der Waals surface area contributed by atoms with Gasteiger partial charge in [0.1, 0.15) is 11.6 Å². The number of halogens is 1. The molecule has 2 N–H and O–H groups in total. The number of anilines is 3. The van der Waals surface area contributed by atoms with E-state index < -0.39 is 0 Å². The Morgan fingerprint density at radius 3 is 2.76 bits per heavy atom. The first-order valence-corrected chi connectivity index (χ1v) is 13.9. The highest BCUT2D eigenvalue weighted by molar-refractivity contribution is 6.13. The smallest absolute Gasteiger partial charge is 0.262 e. The van der Waals surface area contributed by atoms with E-state index in [2.05, 4.69) is 48.6 Å². The lowest BCUT2D eigenvalue weighted by atomic mass is 10.1. The molecular formula is C31H32FN7O2. The van der Waals surface area contributed by atoms with Crippen LogP contribution in [0, 0.1) is 12.7 Å². The standard InChI is InChI=1S/C31H32FN7O2/c1-21-8-9-24(32)17-23(21)20-39-27-18-22(19-35-29(27)36-28-26(31(39)41)7-4-10-33-28)30(40)34-11-12-37-13-15-38(16-14-37)25-5-2-3-6-25/h2-5,7-10,17-19H,6,11-16,20H2,1H3,(H,34,40)(H,33,35,36). The van der Waals surface area contributed by atoms with Crippen LogP contribution in [-0.4, -0.2) is 70.9 Å². The number of rotatable bonds is 7. The number of amides is 2. The van der Waals surface area contributed by atoms with Gasteiger partial charge in [-0.05, 0) is 54.5 Å². The highest BCUT2D eigenvalue weighted by Gasteiger charge is 2.30. The molecule has 3 aliphatic rings. The van der Waals surface area contributed by atoms with Crippen LogP contribution in [0.5, 0.6) is 0 Å². The predicted octanol–water partition coefficient (Wildman–Crippen LogP) is 4.02. The summed E-state index contributed by atoms with van der Waals surface area (Å²) in [5.74, 6) is -0.191. The molecule has 0 saturated carbocycles. The van der Waals surface area contributed by atoms with Crippen molar-refractivity contribution in [2.75, 3.05) is 49.5 Å². The summed E-state index contributed by atoms with van der Waals surface area (Å²) >= 11 is 0. The molecule has 1 aliphatic carbocycles.